The largest absolute Gasteiger partial charge is 0.254 e. The molecule has 2 atom stereocenters. The summed E-state index contributed by atoms with van der Waals surface area (Å²) in [5, 5.41) is 1.17. The Hall–Kier alpha value is -0.600. The molecule has 0 aliphatic rings. The molecule has 0 aromatic carbocycles. The van der Waals surface area contributed by atoms with E-state index >= 15 is 0 Å². The van der Waals surface area contributed by atoms with E-state index in [1.165, 1.54) is 95.5 Å². The number of hydrogen-bond acceptors (Lipinski definition) is 5. The Morgan fingerprint density at radius 2 is 1.35 bits per heavy atom. The molecule has 0 aliphatic heterocycles. The third kappa shape index (κ3) is 7.13. The lowest BCUT2D eigenvalue weighted by molar-refractivity contribution is 0.449. The van der Waals surface area contributed by atoms with Crippen molar-refractivity contribution >= 4 is 76.2 Å². The maximum atomic E-state index is 5.03. The van der Waals surface area contributed by atoms with E-state index in [0.29, 0.717) is 0 Å². The number of unbranched alkanes of at least 4 members (excludes halogenated alkanes) is 2. The van der Waals surface area contributed by atoms with E-state index in [0.717, 1.165) is 30.4 Å². The third-order valence-electron chi connectivity index (χ3n) is 7.51. The molecule has 2 nitrogen and oxygen atoms in total. The van der Waals surface area contributed by atoms with Crippen LogP contribution in [0, 0.1) is 11.8 Å². The van der Waals surface area contributed by atoms with Crippen LogP contribution in [0.4, 0.5) is 0 Å². The van der Waals surface area contributed by atoms with Gasteiger partial charge in [0.15, 0.2) is 0 Å². The van der Waals surface area contributed by atoms with Crippen molar-refractivity contribution in [1.29, 1.82) is 0 Å². The molecule has 0 saturated carbocycles. The summed E-state index contributed by atoms with van der Waals surface area (Å²) < 4.78 is 8.36. The van der Waals surface area contributed by atoms with Gasteiger partial charge in [-0.2, -0.15) is 4.37 Å². The highest BCUT2D eigenvalue weighted by atomic mass is 79.9. The quantitative estimate of drug-likeness (QED) is 0.132. The second-order valence-electron chi connectivity index (χ2n) is 10.1. The van der Waals surface area contributed by atoms with Crippen molar-refractivity contribution in [3.63, 3.8) is 0 Å². The Morgan fingerprint density at radius 3 is 1.92 bits per heavy atom. The summed E-state index contributed by atoms with van der Waals surface area (Å²) in [4.78, 5) is 7.56. The van der Waals surface area contributed by atoms with Crippen LogP contribution < -0.4 is 0 Å². The Bertz CT molecular complexity index is 1190. The van der Waals surface area contributed by atoms with Gasteiger partial charge in [-0.1, -0.05) is 79.1 Å². The van der Waals surface area contributed by atoms with Gasteiger partial charge in [0.2, 0.25) is 0 Å². The zero-order chi connectivity index (χ0) is 26.4. The van der Waals surface area contributed by atoms with Crippen LogP contribution in [0.15, 0.2) is 32.1 Å². The average Bonchev–Trinajstić information content (AvgIpc) is 3.62. The smallest absolute Gasteiger partial charge is 0.0905 e. The summed E-state index contributed by atoms with van der Waals surface area (Å²) in [7, 11) is 0. The van der Waals surface area contributed by atoms with Crippen molar-refractivity contribution in [2.75, 3.05) is 0 Å². The number of nitrogens with zero attached hydrogens (tertiary/aromatic N) is 2. The van der Waals surface area contributed by atoms with Crippen LogP contribution >= 0.6 is 66.1 Å². The van der Waals surface area contributed by atoms with Gasteiger partial charge in [0.25, 0.3) is 0 Å². The summed E-state index contributed by atoms with van der Waals surface area (Å²) >= 11 is 13.0. The van der Waals surface area contributed by atoms with Crippen LogP contribution in [0.3, 0.4) is 0 Å². The van der Waals surface area contributed by atoms with Crippen molar-refractivity contribution in [2.45, 2.75) is 91.9 Å². The predicted molar refractivity (Wildman–Crippen MR) is 173 cm³/mol. The molecule has 37 heavy (non-hydrogen) atoms. The second kappa shape index (κ2) is 14.2. The number of hydrogen-bond donors (Lipinski definition) is 0. The molecule has 0 bridgehead atoms. The maximum absolute atomic E-state index is 5.03. The topological polar surface area (TPSA) is 25.8 Å². The van der Waals surface area contributed by atoms with Gasteiger partial charge >= 0.3 is 0 Å². The third-order valence-corrected chi connectivity index (χ3v) is 12.3. The molecule has 200 valence electrons. The number of fused-ring (bicyclic) bond motifs is 1. The molecule has 0 amide bonds. The van der Waals surface area contributed by atoms with Gasteiger partial charge in [-0.15, -0.1) is 22.7 Å². The normalized spacial score (nSPS) is 13.5. The minimum atomic E-state index is 0.748. The molecule has 2 unspecified atom stereocenters. The van der Waals surface area contributed by atoms with E-state index in [1.807, 2.05) is 28.9 Å². The van der Waals surface area contributed by atoms with Crippen LogP contribution in [-0.2, 0) is 12.8 Å². The summed E-state index contributed by atoms with van der Waals surface area (Å²) in [6, 6.07) is 4.75. The number of thiophene rings is 2. The van der Waals surface area contributed by atoms with Crippen molar-refractivity contribution in [2.24, 2.45) is 11.8 Å². The highest BCUT2D eigenvalue weighted by Gasteiger charge is 2.20. The fourth-order valence-corrected chi connectivity index (χ4v) is 9.38. The number of halogens is 2. The Balaban J connectivity index is 1.61. The van der Waals surface area contributed by atoms with Crippen molar-refractivity contribution in [1.82, 2.24) is 9.36 Å². The highest BCUT2D eigenvalue weighted by Crippen LogP contribution is 2.44. The molecule has 0 fully saturated rings. The fourth-order valence-electron chi connectivity index (χ4n) is 5.08. The molecule has 7 heteroatoms. The van der Waals surface area contributed by atoms with Crippen LogP contribution in [0.1, 0.15) is 90.2 Å². The number of rotatable bonds is 14. The van der Waals surface area contributed by atoms with E-state index in [9.17, 15) is 0 Å². The van der Waals surface area contributed by atoms with Crippen LogP contribution in [0.25, 0.3) is 31.1 Å². The van der Waals surface area contributed by atoms with Gasteiger partial charge in [0, 0.05) is 22.0 Å². The van der Waals surface area contributed by atoms with Gasteiger partial charge in [-0.25, -0.2) is 0 Å². The molecule has 0 radical (unpaired) electrons. The molecule has 4 aromatic rings. The molecular formula is C30H38Br2N2S3. The number of pyridine rings is 1. The average molecular weight is 683 g/mol. The van der Waals surface area contributed by atoms with Crippen LogP contribution in [0.2, 0.25) is 0 Å². The minimum absolute atomic E-state index is 0.748. The van der Waals surface area contributed by atoms with Crippen LogP contribution in [0.5, 0.6) is 0 Å². The van der Waals surface area contributed by atoms with Crippen molar-refractivity contribution in [3.05, 3.63) is 43.2 Å². The first-order valence-electron chi connectivity index (χ1n) is 13.8. The van der Waals surface area contributed by atoms with Gasteiger partial charge in [0.05, 0.1) is 29.0 Å². The number of aromatic nitrogens is 2. The standard InChI is InChI=1S/C30H38Br2N2S3/c1-5-9-11-19(7-3)13-21-15-25(35-29(21)31)23-17-33-27(24-18-34-37-28(23)24)26-16-22(30(32)36-26)14-20(8-4)12-10-6-2/h15-20H,5-14H2,1-4H3. The lowest BCUT2D eigenvalue weighted by Gasteiger charge is -2.13. The molecular weight excluding hydrogens is 644 g/mol. The monoisotopic (exact) mass is 680 g/mol. The first-order valence-corrected chi connectivity index (χ1v) is 17.8. The van der Waals surface area contributed by atoms with Gasteiger partial charge in [-0.3, -0.25) is 4.98 Å². The van der Waals surface area contributed by atoms with E-state index in [4.69, 9.17) is 4.98 Å². The van der Waals surface area contributed by atoms with Gasteiger partial charge in [0.1, 0.15) is 0 Å². The lowest BCUT2D eigenvalue weighted by atomic mass is 9.93. The van der Waals surface area contributed by atoms with E-state index < -0.39 is 0 Å². The summed E-state index contributed by atoms with van der Waals surface area (Å²) in [6.45, 7) is 9.22. The molecule has 0 N–H and O–H groups in total. The SMILES string of the molecule is CCCCC(CC)Cc1cc(-c2ncc(-c3cc(CC(CC)CCCC)c(Br)s3)c3sncc23)sc1Br. The first-order chi connectivity index (χ1) is 18.0. The molecule has 0 saturated heterocycles. The molecule has 4 aromatic heterocycles. The van der Waals surface area contributed by atoms with E-state index in [2.05, 4.69) is 82.3 Å². The fraction of sp³-hybridized carbons (Fsp3) is 0.533. The Kier molecular flexibility index (Phi) is 11.2. The molecule has 0 spiro atoms. The minimum Gasteiger partial charge on any atom is -0.254 e. The van der Waals surface area contributed by atoms with Crippen LogP contribution in [-0.4, -0.2) is 9.36 Å². The zero-order valence-electron chi connectivity index (χ0n) is 22.4. The summed E-state index contributed by atoms with van der Waals surface area (Å²) in [6.07, 6.45) is 16.7. The molecule has 4 heterocycles. The summed E-state index contributed by atoms with van der Waals surface area (Å²) in [5.74, 6) is 1.50. The molecule has 4 rings (SSSR count). The predicted octanol–water partition coefficient (Wildman–Crippen LogP) is 12.2. The Labute approximate surface area is 251 Å². The molecule has 0 aliphatic carbocycles. The lowest BCUT2D eigenvalue weighted by Crippen LogP contribution is -2.02. The van der Waals surface area contributed by atoms with Crippen molar-refractivity contribution < 1.29 is 0 Å². The van der Waals surface area contributed by atoms with E-state index in [1.54, 1.807) is 11.5 Å². The van der Waals surface area contributed by atoms with E-state index in [-0.39, 0.29) is 0 Å². The zero-order valence-corrected chi connectivity index (χ0v) is 28.0. The Morgan fingerprint density at radius 1 is 0.784 bits per heavy atom. The van der Waals surface area contributed by atoms with Gasteiger partial charge in [-0.05, 0) is 91.3 Å². The highest BCUT2D eigenvalue weighted by molar-refractivity contribution is 9.11. The van der Waals surface area contributed by atoms with Crippen molar-refractivity contribution in [3.8, 4) is 21.0 Å². The first kappa shape index (κ1) is 29.4. The second-order valence-corrected chi connectivity index (χ2v) is 15.7. The van der Waals surface area contributed by atoms with Gasteiger partial charge < -0.3 is 0 Å². The maximum Gasteiger partial charge on any atom is 0.0905 e. The summed E-state index contributed by atoms with van der Waals surface area (Å²) in [5.41, 5.74) is 5.13.